The van der Waals surface area contributed by atoms with E-state index in [1.807, 2.05) is 36.5 Å². The molecule has 0 saturated heterocycles. The number of phenolic OH excluding ortho intramolecular Hbond substituents is 1. The number of furan rings is 1. The maximum Gasteiger partial charge on any atom is 0.148 e. The Bertz CT molecular complexity index is 3250. The molecule has 0 bridgehead atoms. The molecule has 0 amide bonds. The number of para-hydroxylation sites is 2. The van der Waals surface area contributed by atoms with Crippen molar-refractivity contribution in [2.45, 2.75) is 52.4 Å². The Hall–Kier alpha value is -6.29. The second kappa shape index (κ2) is 14.8. The molecule has 0 aliphatic carbocycles. The molecule has 0 saturated carbocycles. The molecule has 7 aromatic carbocycles. The Morgan fingerprint density at radius 3 is 2.07 bits per heavy atom. The summed E-state index contributed by atoms with van der Waals surface area (Å²) in [6, 6.07) is 54.0. The molecule has 0 spiro atoms. The number of phenols is 1. The van der Waals surface area contributed by atoms with E-state index >= 15 is 0 Å². The van der Waals surface area contributed by atoms with Gasteiger partial charge in [0.2, 0.25) is 0 Å². The van der Waals surface area contributed by atoms with Gasteiger partial charge in [0, 0.05) is 54.7 Å². The predicted octanol–water partition coefficient (Wildman–Crippen LogP) is 14.2. The van der Waals surface area contributed by atoms with Gasteiger partial charge in [-0.15, -0.1) is 29.3 Å². The van der Waals surface area contributed by atoms with E-state index in [0.29, 0.717) is 11.4 Å². The predicted molar refractivity (Wildman–Crippen MR) is 243 cm³/mol. The van der Waals surface area contributed by atoms with E-state index in [4.69, 9.17) is 14.4 Å². The minimum atomic E-state index is -0.190. The number of pyridine rings is 1. The smallest absolute Gasteiger partial charge is 0.148 e. The van der Waals surface area contributed by atoms with Crippen LogP contribution in [0.15, 0.2) is 156 Å². The maximum absolute atomic E-state index is 11.4. The summed E-state index contributed by atoms with van der Waals surface area (Å²) in [6.07, 6.45) is 1.87. The number of fused-ring (bicyclic) bond motifs is 6. The zero-order chi connectivity index (χ0) is 40.6. The summed E-state index contributed by atoms with van der Waals surface area (Å²) >= 11 is 0. The van der Waals surface area contributed by atoms with Crippen molar-refractivity contribution in [3.8, 4) is 56.3 Å². The molecule has 10 rings (SSSR count). The molecular formula is C54H44N3O2Pt-. The standard InChI is InChI=1S/C54H44N3O2.Pt/c1-53(2,3)37-24-26-45(44(32-37)33-15-8-7-9-16-33)57-46-21-14-20-39(49(46)56-52(57)43-19-12-13-22-47(43)58)35-29-36(31-38(30-35)54(4,5)6)48-51-42(27-28-55-48)41-25-23-34-17-10-11-18-40(34)50(41)59-51;/h7-28,30-32,58H,1-6H3;/q-1;. The summed E-state index contributed by atoms with van der Waals surface area (Å²) in [6.45, 7) is 13.4. The summed E-state index contributed by atoms with van der Waals surface area (Å²) in [5, 5.41) is 15.7. The Morgan fingerprint density at radius 1 is 0.583 bits per heavy atom. The maximum atomic E-state index is 11.4. The van der Waals surface area contributed by atoms with Crippen molar-refractivity contribution in [1.29, 1.82) is 0 Å². The summed E-state index contributed by atoms with van der Waals surface area (Å²) < 4.78 is 8.98. The van der Waals surface area contributed by atoms with Crippen LogP contribution in [0.1, 0.15) is 52.7 Å². The third kappa shape index (κ3) is 6.62. The van der Waals surface area contributed by atoms with E-state index in [-0.39, 0.29) is 37.6 Å². The molecule has 3 heterocycles. The SMILES string of the molecule is CC(C)(C)c1cc(-c2cccc3c2nc(-c2ccccc2O)n3-c2ccc(C(C)(C)C)cc2-c2ccccc2)[c-]c(-c2nccc3c2oc2c4ccccc4ccc32)c1.[Pt]. The van der Waals surface area contributed by atoms with Crippen LogP contribution in [-0.2, 0) is 31.9 Å². The number of aromatic nitrogens is 3. The summed E-state index contributed by atoms with van der Waals surface area (Å²) in [5.41, 5.74) is 12.7. The number of hydrogen-bond acceptors (Lipinski definition) is 4. The number of hydrogen-bond donors (Lipinski definition) is 1. The fourth-order valence-electron chi connectivity index (χ4n) is 8.35. The molecule has 60 heavy (non-hydrogen) atoms. The Morgan fingerprint density at radius 2 is 1.28 bits per heavy atom. The third-order valence-corrected chi connectivity index (χ3v) is 11.6. The molecule has 0 aliphatic rings. The van der Waals surface area contributed by atoms with Gasteiger partial charge in [-0.2, -0.15) is 0 Å². The van der Waals surface area contributed by atoms with Gasteiger partial charge < -0.3 is 9.52 Å². The van der Waals surface area contributed by atoms with E-state index in [1.54, 1.807) is 6.07 Å². The van der Waals surface area contributed by atoms with Crippen molar-refractivity contribution < 1.29 is 30.6 Å². The largest absolute Gasteiger partial charge is 0.507 e. The van der Waals surface area contributed by atoms with Crippen LogP contribution >= 0.6 is 0 Å². The van der Waals surface area contributed by atoms with E-state index in [1.165, 1.54) is 5.56 Å². The molecule has 0 atom stereocenters. The fraction of sp³-hybridized carbons (Fsp3) is 0.148. The summed E-state index contributed by atoms with van der Waals surface area (Å²) in [5.74, 6) is 0.818. The van der Waals surface area contributed by atoms with Crippen molar-refractivity contribution in [3.63, 3.8) is 0 Å². The second-order valence-electron chi connectivity index (χ2n) is 17.6. The Labute approximate surface area is 364 Å². The number of rotatable bonds is 5. The molecule has 3 aromatic heterocycles. The van der Waals surface area contributed by atoms with Gasteiger partial charge in [-0.25, -0.2) is 4.98 Å². The van der Waals surface area contributed by atoms with Gasteiger partial charge in [-0.1, -0.05) is 144 Å². The molecule has 1 N–H and O–H groups in total. The van der Waals surface area contributed by atoms with Gasteiger partial charge in [0.25, 0.3) is 0 Å². The van der Waals surface area contributed by atoms with E-state index in [2.05, 4.69) is 161 Å². The first-order valence-electron chi connectivity index (χ1n) is 20.2. The first kappa shape index (κ1) is 39.2. The average Bonchev–Trinajstić information content (AvgIpc) is 3.82. The van der Waals surface area contributed by atoms with Gasteiger partial charge in [-0.05, 0) is 69.8 Å². The Kier molecular flexibility index (Phi) is 9.64. The quantitative estimate of drug-likeness (QED) is 0.175. The van der Waals surface area contributed by atoms with Crippen LogP contribution in [0.4, 0.5) is 0 Å². The molecule has 0 unspecified atom stereocenters. The van der Waals surface area contributed by atoms with E-state index in [0.717, 1.165) is 88.5 Å². The van der Waals surface area contributed by atoms with Crippen LogP contribution in [0, 0.1) is 6.07 Å². The second-order valence-corrected chi connectivity index (χ2v) is 17.6. The fourth-order valence-corrected chi connectivity index (χ4v) is 8.35. The van der Waals surface area contributed by atoms with Crippen molar-refractivity contribution in [2.75, 3.05) is 0 Å². The molecule has 0 aliphatic heterocycles. The number of imidazole rings is 1. The minimum Gasteiger partial charge on any atom is -0.507 e. The first-order chi connectivity index (χ1) is 28.4. The molecule has 5 nitrogen and oxygen atoms in total. The molecule has 298 valence electrons. The summed E-state index contributed by atoms with van der Waals surface area (Å²) in [4.78, 5) is 10.4. The molecular weight excluding hydrogens is 918 g/mol. The number of nitrogens with zero attached hydrogens (tertiary/aromatic N) is 3. The summed E-state index contributed by atoms with van der Waals surface area (Å²) in [7, 11) is 0. The molecule has 10 aromatic rings. The van der Waals surface area contributed by atoms with Crippen molar-refractivity contribution in [1.82, 2.24) is 14.5 Å². The van der Waals surface area contributed by atoms with Gasteiger partial charge in [-0.3, -0.25) is 9.55 Å². The Balaban J connectivity index is 0.00000462. The van der Waals surface area contributed by atoms with Crippen molar-refractivity contribution in [2.24, 2.45) is 0 Å². The van der Waals surface area contributed by atoms with Crippen molar-refractivity contribution >= 4 is 43.7 Å². The zero-order valence-electron chi connectivity index (χ0n) is 34.4. The van der Waals surface area contributed by atoms with Crippen LogP contribution in [0.2, 0.25) is 0 Å². The van der Waals surface area contributed by atoms with Crippen LogP contribution in [0.25, 0.3) is 94.3 Å². The number of benzene rings is 7. The van der Waals surface area contributed by atoms with Gasteiger partial charge >= 0.3 is 0 Å². The van der Waals surface area contributed by atoms with Gasteiger partial charge in [0.05, 0.1) is 22.3 Å². The van der Waals surface area contributed by atoms with Gasteiger partial charge in [0.1, 0.15) is 22.7 Å². The van der Waals surface area contributed by atoms with Crippen LogP contribution in [-0.4, -0.2) is 19.6 Å². The number of aromatic hydroxyl groups is 1. The monoisotopic (exact) mass is 961 g/mol. The molecule has 0 fully saturated rings. The zero-order valence-corrected chi connectivity index (χ0v) is 36.7. The van der Waals surface area contributed by atoms with Crippen molar-refractivity contribution in [3.05, 3.63) is 169 Å². The van der Waals surface area contributed by atoms with Crippen LogP contribution < -0.4 is 0 Å². The normalized spacial score (nSPS) is 12.1. The van der Waals surface area contributed by atoms with Crippen LogP contribution in [0.3, 0.4) is 0 Å². The van der Waals surface area contributed by atoms with Gasteiger partial charge in [0.15, 0.2) is 0 Å². The average molecular weight is 962 g/mol. The van der Waals surface area contributed by atoms with Crippen LogP contribution in [0.5, 0.6) is 5.75 Å². The van der Waals surface area contributed by atoms with E-state index in [9.17, 15) is 5.11 Å². The minimum absolute atomic E-state index is 0. The third-order valence-electron chi connectivity index (χ3n) is 11.6. The first-order valence-corrected chi connectivity index (χ1v) is 20.2. The molecule has 6 heteroatoms. The molecule has 0 radical (unpaired) electrons. The van der Waals surface area contributed by atoms with E-state index < -0.39 is 0 Å². The topological polar surface area (TPSA) is 64.1 Å².